The van der Waals surface area contributed by atoms with Gasteiger partial charge in [0.1, 0.15) is 12.6 Å². The van der Waals surface area contributed by atoms with Gasteiger partial charge in [0.2, 0.25) is 21.8 Å². The Bertz CT molecular complexity index is 1280. The largest absolute Gasteiger partial charge is 0.352 e. The zero-order chi connectivity index (χ0) is 27.0. The number of nitrogens with zero attached hydrogens (tertiary/aromatic N) is 2. The summed E-state index contributed by atoms with van der Waals surface area (Å²) < 4.78 is 27.4. The van der Waals surface area contributed by atoms with Gasteiger partial charge in [-0.15, -0.1) is 0 Å². The number of carbonyl (C=O) groups excluding carboxylic acids is 2. The summed E-state index contributed by atoms with van der Waals surface area (Å²) in [5.74, 6) is -0.771. The minimum absolute atomic E-state index is 0.132. The molecule has 1 atom stereocenters. The number of carbonyl (C=O) groups is 2. The molecule has 0 radical (unpaired) electrons. The fourth-order valence-electron chi connectivity index (χ4n) is 3.93. The predicted molar refractivity (Wildman–Crippen MR) is 151 cm³/mol. The Kier molecular flexibility index (Phi) is 9.88. The summed E-state index contributed by atoms with van der Waals surface area (Å²) in [5.41, 5.74) is 2.09. The molecule has 9 heteroatoms. The molecule has 0 heterocycles. The molecule has 0 saturated heterocycles. The van der Waals surface area contributed by atoms with Crippen LogP contribution in [0.1, 0.15) is 25.0 Å². The Morgan fingerprint density at radius 2 is 1.43 bits per heavy atom. The normalized spacial score (nSPS) is 12.1. The van der Waals surface area contributed by atoms with E-state index < -0.39 is 28.5 Å². The van der Waals surface area contributed by atoms with Crippen LogP contribution in [0.2, 0.25) is 0 Å². The summed E-state index contributed by atoms with van der Waals surface area (Å²) in [4.78, 5) is 28.8. The number of halogens is 1. The first-order valence-corrected chi connectivity index (χ1v) is 14.6. The van der Waals surface area contributed by atoms with Gasteiger partial charge in [-0.25, -0.2) is 8.42 Å². The van der Waals surface area contributed by atoms with E-state index in [1.165, 1.54) is 4.90 Å². The van der Waals surface area contributed by atoms with Gasteiger partial charge in [-0.1, -0.05) is 76.6 Å². The maximum atomic E-state index is 13.9. The molecule has 3 aromatic rings. The maximum absolute atomic E-state index is 13.9. The molecule has 1 N–H and O–H groups in total. The van der Waals surface area contributed by atoms with Crippen molar-refractivity contribution in [3.05, 3.63) is 101 Å². The molecule has 0 aliphatic heterocycles. The SMILES string of the molecule is CC(C)NC(=O)C(Cc1ccccc1)N(Cc1ccc(Br)cc1)C(=O)CN(c1ccccc1)S(C)(=O)=O. The summed E-state index contributed by atoms with van der Waals surface area (Å²) in [6.45, 7) is 3.43. The molecule has 37 heavy (non-hydrogen) atoms. The molecule has 0 fully saturated rings. The van der Waals surface area contributed by atoms with Crippen LogP contribution in [-0.2, 0) is 32.6 Å². The number of anilines is 1. The molecular weight excluding hydrogens is 554 g/mol. The van der Waals surface area contributed by atoms with Crippen LogP contribution in [-0.4, -0.2) is 50.0 Å². The standard InChI is InChI=1S/C28H32BrN3O4S/c1-21(2)30-28(34)26(18-22-10-6-4-7-11-22)31(19-23-14-16-24(29)17-15-23)27(33)20-32(37(3,35)36)25-12-8-5-9-13-25/h4-17,21,26H,18-20H2,1-3H3,(H,30,34). The molecule has 3 rings (SSSR count). The molecule has 0 saturated carbocycles. The molecule has 2 amide bonds. The Morgan fingerprint density at radius 1 is 0.865 bits per heavy atom. The third-order valence-corrected chi connectivity index (χ3v) is 7.36. The molecular formula is C28H32BrN3O4S. The third kappa shape index (κ3) is 8.43. The van der Waals surface area contributed by atoms with Crippen molar-refractivity contribution in [1.29, 1.82) is 0 Å². The van der Waals surface area contributed by atoms with Crippen LogP contribution in [0.25, 0.3) is 0 Å². The Hall–Kier alpha value is -3.17. The van der Waals surface area contributed by atoms with Crippen LogP contribution < -0.4 is 9.62 Å². The number of para-hydroxylation sites is 1. The highest BCUT2D eigenvalue weighted by Crippen LogP contribution is 2.21. The lowest BCUT2D eigenvalue weighted by Crippen LogP contribution is -2.54. The van der Waals surface area contributed by atoms with Crippen molar-refractivity contribution >= 4 is 43.5 Å². The molecule has 1 unspecified atom stereocenters. The van der Waals surface area contributed by atoms with E-state index in [0.29, 0.717) is 5.69 Å². The lowest BCUT2D eigenvalue weighted by atomic mass is 10.0. The van der Waals surface area contributed by atoms with Crippen molar-refractivity contribution in [3.63, 3.8) is 0 Å². The van der Waals surface area contributed by atoms with Crippen molar-refractivity contribution < 1.29 is 18.0 Å². The minimum atomic E-state index is -3.77. The average Bonchev–Trinajstić information content (AvgIpc) is 2.85. The van der Waals surface area contributed by atoms with Gasteiger partial charge in [0, 0.05) is 23.5 Å². The number of nitrogens with one attached hydrogen (secondary N) is 1. The van der Waals surface area contributed by atoms with Crippen molar-refractivity contribution in [2.24, 2.45) is 0 Å². The smallest absolute Gasteiger partial charge is 0.244 e. The molecule has 0 aromatic heterocycles. The lowest BCUT2D eigenvalue weighted by Gasteiger charge is -2.34. The zero-order valence-electron chi connectivity index (χ0n) is 21.2. The van der Waals surface area contributed by atoms with Crippen molar-refractivity contribution in [1.82, 2.24) is 10.2 Å². The molecule has 196 valence electrons. The summed E-state index contributed by atoms with van der Waals surface area (Å²) in [7, 11) is -3.77. The van der Waals surface area contributed by atoms with E-state index in [9.17, 15) is 18.0 Å². The number of amides is 2. The predicted octanol–water partition coefficient (Wildman–Crippen LogP) is 4.38. The number of rotatable bonds is 11. The summed E-state index contributed by atoms with van der Waals surface area (Å²) in [6.07, 6.45) is 1.35. The van der Waals surface area contributed by atoms with Crippen LogP contribution in [0, 0.1) is 0 Å². The first-order valence-electron chi connectivity index (χ1n) is 12.0. The third-order valence-electron chi connectivity index (χ3n) is 5.69. The first-order chi connectivity index (χ1) is 17.5. The number of sulfonamides is 1. The summed E-state index contributed by atoms with van der Waals surface area (Å²) in [5, 5.41) is 2.94. The van der Waals surface area contributed by atoms with Crippen LogP contribution in [0.4, 0.5) is 5.69 Å². The van der Waals surface area contributed by atoms with Gasteiger partial charge in [0.25, 0.3) is 0 Å². The highest BCUT2D eigenvalue weighted by molar-refractivity contribution is 9.10. The highest BCUT2D eigenvalue weighted by Gasteiger charge is 2.33. The van der Waals surface area contributed by atoms with E-state index in [4.69, 9.17) is 0 Å². The van der Waals surface area contributed by atoms with E-state index in [1.807, 2.05) is 68.4 Å². The summed E-state index contributed by atoms with van der Waals surface area (Å²) in [6, 6.07) is 24.4. The zero-order valence-corrected chi connectivity index (χ0v) is 23.6. The molecule has 0 aliphatic carbocycles. The van der Waals surface area contributed by atoms with E-state index >= 15 is 0 Å². The van der Waals surface area contributed by atoms with Gasteiger partial charge in [-0.05, 0) is 49.2 Å². The van der Waals surface area contributed by atoms with Crippen LogP contribution >= 0.6 is 15.9 Å². The number of hydrogen-bond donors (Lipinski definition) is 1. The maximum Gasteiger partial charge on any atom is 0.244 e. The molecule has 3 aromatic carbocycles. The van der Waals surface area contributed by atoms with E-state index in [-0.39, 0.29) is 24.9 Å². The molecule has 7 nitrogen and oxygen atoms in total. The Balaban J connectivity index is 2.03. The fraction of sp³-hybridized carbons (Fsp3) is 0.286. The fourth-order valence-corrected chi connectivity index (χ4v) is 5.04. The number of hydrogen-bond acceptors (Lipinski definition) is 4. The van der Waals surface area contributed by atoms with Crippen LogP contribution in [0.15, 0.2) is 89.4 Å². The average molecular weight is 587 g/mol. The van der Waals surface area contributed by atoms with Crippen molar-refractivity contribution in [2.45, 2.75) is 38.9 Å². The van der Waals surface area contributed by atoms with E-state index in [1.54, 1.807) is 30.3 Å². The highest BCUT2D eigenvalue weighted by atomic mass is 79.9. The van der Waals surface area contributed by atoms with Crippen LogP contribution in [0.3, 0.4) is 0 Å². The Labute approximate surface area is 227 Å². The van der Waals surface area contributed by atoms with Crippen molar-refractivity contribution in [2.75, 3.05) is 17.1 Å². The Morgan fingerprint density at radius 3 is 1.97 bits per heavy atom. The van der Waals surface area contributed by atoms with Gasteiger partial charge in [-0.2, -0.15) is 0 Å². The molecule has 0 spiro atoms. The number of benzene rings is 3. The minimum Gasteiger partial charge on any atom is -0.352 e. The quantitative estimate of drug-likeness (QED) is 0.362. The van der Waals surface area contributed by atoms with Crippen molar-refractivity contribution in [3.8, 4) is 0 Å². The first kappa shape index (κ1) is 28.4. The van der Waals surface area contributed by atoms with Gasteiger partial charge >= 0.3 is 0 Å². The van der Waals surface area contributed by atoms with Gasteiger partial charge in [0.15, 0.2) is 0 Å². The second-order valence-electron chi connectivity index (χ2n) is 9.12. The van der Waals surface area contributed by atoms with Gasteiger partial charge < -0.3 is 10.2 Å². The van der Waals surface area contributed by atoms with Gasteiger partial charge in [0.05, 0.1) is 11.9 Å². The van der Waals surface area contributed by atoms with Crippen LogP contribution in [0.5, 0.6) is 0 Å². The second kappa shape index (κ2) is 12.9. The monoisotopic (exact) mass is 585 g/mol. The lowest BCUT2D eigenvalue weighted by molar-refractivity contribution is -0.140. The summed E-state index contributed by atoms with van der Waals surface area (Å²) >= 11 is 3.43. The molecule has 0 aliphatic rings. The second-order valence-corrected chi connectivity index (χ2v) is 11.9. The topological polar surface area (TPSA) is 86.8 Å². The van der Waals surface area contributed by atoms with Gasteiger partial charge in [-0.3, -0.25) is 13.9 Å². The van der Waals surface area contributed by atoms with E-state index in [2.05, 4.69) is 21.2 Å². The molecule has 0 bridgehead atoms. The van der Waals surface area contributed by atoms with E-state index in [0.717, 1.165) is 26.2 Å².